The average molecular weight is 350 g/mol. The van der Waals surface area contributed by atoms with Crippen LogP contribution in [0.25, 0.3) is 0 Å². The molecular formula is C12H16F10. The average Bonchev–Trinajstić information content (AvgIpc) is 2.06. The molecule has 134 valence electrons. The second kappa shape index (κ2) is 6.43. The summed E-state index contributed by atoms with van der Waals surface area (Å²) >= 11 is 0. The Hall–Kier alpha value is -0.700. The second-order valence-electron chi connectivity index (χ2n) is 5.55. The van der Waals surface area contributed by atoms with E-state index in [1.54, 1.807) is 0 Å². The van der Waals surface area contributed by atoms with E-state index in [1.165, 1.54) is 0 Å². The molecule has 0 amide bonds. The van der Waals surface area contributed by atoms with Crippen molar-refractivity contribution < 1.29 is 43.9 Å². The van der Waals surface area contributed by atoms with Gasteiger partial charge in [-0.2, -0.15) is 0 Å². The molecule has 0 aromatic heterocycles. The molecule has 0 spiro atoms. The zero-order valence-corrected chi connectivity index (χ0v) is 11.8. The molecule has 0 unspecified atom stereocenters. The van der Waals surface area contributed by atoms with Crippen LogP contribution in [0.3, 0.4) is 0 Å². The number of hydrogen-bond donors (Lipinski definition) is 0. The Morgan fingerprint density at radius 2 is 0.773 bits per heavy atom. The van der Waals surface area contributed by atoms with Gasteiger partial charge in [0.2, 0.25) is 0 Å². The number of rotatable bonds is 9. The summed E-state index contributed by atoms with van der Waals surface area (Å²) in [6.07, 6.45) is -10.6. The Bertz CT molecular complexity index is 355. The lowest BCUT2D eigenvalue weighted by Gasteiger charge is -2.29. The van der Waals surface area contributed by atoms with Crippen LogP contribution in [0.1, 0.15) is 46.0 Å². The lowest BCUT2D eigenvalue weighted by molar-refractivity contribution is -0.190. The predicted molar refractivity (Wildman–Crippen MR) is 59.2 cm³/mol. The summed E-state index contributed by atoms with van der Waals surface area (Å²) in [4.78, 5) is 0. The first-order valence-electron chi connectivity index (χ1n) is 6.28. The molecule has 0 fully saturated rings. The third-order valence-corrected chi connectivity index (χ3v) is 2.64. The molecule has 22 heavy (non-hydrogen) atoms. The molecular weight excluding hydrogens is 334 g/mol. The van der Waals surface area contributed by atoms with Crippen LogP contribution in [0.15, 0.2) is 0 Å². The van der Waals surface area contributed by atoms with Crippen molar-refractivity contribution in [3.8, 4) is 0 Å². The summed E-state index contributed by atoms with van der Waals surface area (Å²) in [6.45, 7) is 0.918. The van der Waals surface area contributed by atoms with Crippen molar-refractivity contribution in [2.45, 2.75) is 75.6 Å². The summed E-state index contributed by atoms with van der Waals surface area (Å²) in [7, 11) is 0. The van der Waals surface area contributed by atoms with Crippen LogP contribution in [0.5, 0.6) is 0 Å². The number of halogens is 10. The molecule has 0 aromatic rings. The summed E-state index contributed by atoms with van der Waals surface area (Å²) in [5, 5.41) is 0. The standard InChI is InChI=1S/C12H16F10/c1-3-9(15,16)5-11(19,20)7-12(21,22)6-10(17,18)4-8(2,13)14/h3-7H2,1-2H3. The minimum absolute atomic E-state index is 0.0649. The Labute approximate surface area is 120 Å². The maximum absolute atomic E-state index is 13.2. The summed E-state index contributed by atoms with van der Waals surface area (Å²) < 4.78 is 129. The highest BCUT2D eigenvalue weighted by atomic mass is 19.3. The molecule has 0 saturated heterocycles. The Morgan fingerprint density at radius 1 is 0.500 bits per heavy atom. The topological polar surface area (TPSA) is 0 Å². The zero-order valence-electron chi connectivity index (χ0n) is 11.8. The quantitative estimate of drug-likeness (QED) is 0.437. The maximum atomic E-state index is 13.2. The fraction of sp³-hybridized carbons (Fsp3) is 1.00. The SMILES string of the molecule is CCC(F)(F)CC(F)(F)CC(F)(F)CC(F)(F)CC(C)(F)F. The van der Waals surface area contributed by atoms with Gasteiger partial charge in [0.15, 0.2) is 0 Å². The van der Waals surface area contributed by atoms with E-state index in [4.69, 9.17) is 0 Å². The van der Waals surface area contributed by atoms with Gasteiger partial charge in [-0.1, -0.05) is 6.92 Å². The van der Waals surface area contributed by atoms with E-state index >= 15 is 0 Å². The van der Waals surface area contributed by atoms with Gasteiger partial charge in [0, 0.05) is 6.42 Å². The van der Waals surface area contributed by atoms with Gasteiger partial charge in [-0.15, -0.1) is 0 Å². The summed E-state index contributed by atoms with van der Waals surface area (Å²) in [5.74, 6) is -21.9. The molecule has 0 saturated carbocycles. The van der Waals surface area contributed by atoms with Crippen LogP contribution in [0.2, 0.25) is 0 Å². The van der Waals surface area contributed by atoms with E-state index < -0.39 is 61.7 Å². The molecule has 0 atom stereocenters. The van der Waals surface area contributed by atoms with Gasteiger partial charge in [-0.25, -0.2) is 43.9 Å². The van der Waals surface area contributed by atoms with E-state index in [0.717, 1.165) is 6.92 Å². The van der Waals surface area contributed by atoms with Crippen LogP contribution in [-0.4, -0.2) is 29.6 Å². The van der Waals surface area contributed by atoms with Gasteiger partial charge in [0.05, 0.1) is 25.7 Å². The van der Waals surface area contributed by atoms with Crippen LogP contribution < -0.4 is 0 Å². The lowest BCUT2D eigenvalue weighted by Crippen LogP contribution is -2.39. The van der Waals surface area contributed by atoms with Gasteiger partial charge in [-0.05, 0) is 6.92 Å². The third-order valence-electron chi connectivity index (χ3n) is 2.64. The first-order chi connectivity index (χ1) is 9.39. The Kier molecular flexibility index (Phi) is 6.22. The van der Waals surface area contributed by atoms with E-state index in [1.807, 2.05) is 0 Å². The van der Waals surface area contributed by atoms with Crippen molar-refractivity contribution in [2.75, 3.05) is 0 Å². The predicted octanol–water partition coefficient (Wildman–Crippen LogP) is 6.15. The van der Waals surface area contributed by atoms with Gasteiger partial charge < -0.3 is 0 Å². The van der Waals surface area contributed by atoms with Gasteiger partial charge >= 0.3 is 0 Å². The lowest BCUT2D eigenvalue weighted by atomic mass is 9.96. The highest BCUT2D eigenvalue weighted by molar-refractivity contribution is 4.87. The maximum Gasteiger partial charge on any atom is 0.259 e. The van der Waals surface area contributed by atoms with Crippen LogP contribution >= 0.6 is 0 Å². The fourth-order valence-corrected chi connectivity index (χ4v) is 1.90. The molecule has 0 heterocycles. The van der Waals surface area contributed by atoms with E-state index in [2.05, 4.69) is 0 Å². The smallest absolute Gasteiger partial charge is 0.207 e. The minimum Gasteiger partial charge on any atom is -0.207 e. The molecule has 0 aliphatic heterocycles. The zero-order chi connectivity index (χ0) is 18.0. The Balaban J connectivity index is 4.88. The van der Waals surface area contributed by atoms with E-state index in [-0.39, 0.29) is 6.92 Å². The largest absolute Gasteiger partial charge is 0.259 e. The molecule has 0 N–H and O–H groups in total. The Morgan fingerprint density at radius 3 is 1.05 bits per heavy atom. The van der Waals surface area contributed by atoms with Crippen molar-refractivity contribution in [1.82, 2.24) is 0 Å². The van der Waals surface area contributed by atoms with Crippen molar-refractivity contribution >= 4 is 0 Å². The van der Waals surface area contributed by atoms with Crippen molar-refractivity contribution in [2.24, 2.45) is 0 Å². The molecule has 0 bridgehead atoms. The number of hydrogen-bond acceptors (Lipinski definition) is 0. The molecule has 0 radical (unpaired) electrons. The summed E-state index contributed by atoms with van der Waals surface area (Å²) in [6, 6.07) is 0. The van der Waals surface area contributed by atoms with Crippen molar-refractivity contribution in [3.05, 3.63) is 0 Å². The first-order valence-corrected chi connectivity index (χ1v) is 6.28. The van der Waals surface area contributed by atoms with Gasteiger partial charge in [-0.3, -0.25) is 0 Å². The van der Waals surface area contributed by atoms with Gasteiger partial charge in [0.25, 0.3) is 29.6 Å². The van der Waals surface area contributed by atoms with E-state index in [9.17, 15) is 43.9 Å². The van der Waals surface area contributed by atoms with Gasteiger partial charge in [0.1, 0.15) is 0 Å². The van der Waals surface area contributed by atoms with E-state index in [0.29, 0.717) is 0 Å². The molecule has 0 aliphatic rings. The highest BCUT2D eigenvalue weighted by Gasteiger charge is 2.53. The van der Waals surface area contributed by atoms with Crippen LogP contribution in [0.4, 0.5) is 43.9 Å². The normalized spacial score (nSPS) is 15.3. The van der Waals surface area contributed by atoms with Crippen LogP contribution in [0, 0.1) is 0 Å². The summed E-state index contributed by atoms with van der Waals surface area (Å²) in [5.41, 5.74) is 0. The third kappa shape index (κ3) is 9.34. The number of alkyl halides is 10. The van der Waals surface area contributed by atoms with Crippen LogP contribution in [-0.2, 0) is 0 Å². The first kappa shape index (κ1) is 21.3. The highest BCUT2D eigenvalue weighted by Crippen LogP contribution is 2.45. The molecule has 10 heteroatoms. The molecule has 0 nitrogen and oxygen atoms in total. The molecule has 0 aliphatic carbocycles. The monoisotopic (exact) mass is 350 g/mol. The fourth-order valence-electron chi connectivity index (χ4n) is 1.90. The van der Waals surface area contributed by atoms with Crippen molar-refractivity contribution in [1.29, 1.82) is 0 Å². The minimum atomic E-state index is -4.76. The molecule has 0 aromatic carbocycles. The molecule has 0 rings (SSSR count). The van der Waals surface area contributed by atoms with Crippen molar-refractivity contribution in [3.63, 3.8) is 0 Å². The second-order valence-corrected chi connectivity index (χ2v) is 5.55.